The van der Waals surface area contributed by atoms with Crippen molar-refractivity contribution in [1.29, 1.82) is 0 Å². The first-order chi connectivity index (χ1) is 7.48. The van der Waals surface area contributed by atoms with Crippen LogP contribution in [0.25, 0.3) is 0 Å². The van der Waals surface area contributed by atoms with Crippen LogP contribution >= 0.6 is 0 Å². The highest BCUT2D eigenvalue weighted by Crippen LogP contribution is 2.29. The maximum atomic E-state index is 11.6. The Kier molecular flexibility index (Phi) is 4.69. The van der Waals surface area contributed by atoms with E-state index in [1.807, 2.05) is 0 Å². The van der Waals surface area contributed by atoms with E-state index in [0.717, 1.165) is 0 Å². The molecule has 0 aliphatic carbocycles. The third-order valence-electron chi connectivity index (χ3n) is 3.23. The molecule has 0 amide bonds. The quantitative estimate of drug-likeness (QED) is 0.559. The summed E-state index contributed by atoms with van der Waals surface area (Å²) in [5.41, 5.74) is 0. The van der Waals surface area contributed by atoms with Crippen LogP contribution in [0.1, 0.15) is 19.8 Å². The van der Waals surface area contributed by atoms with E-state index in [2.05, 4.69) is 5.32 Å². The predicted octanol–water partition coefficient (Wildman–Crippen LogP) is -0.732. The van der Waals surface area contributed by atoms with Gasteiger partial charge < -0.3 is 10.4 Å². The number of aliphatic hydroxyl groups is 1. The molecule has 7 heteroatoms. The van der Waals surface area contributed by atoms with Gasteiger partial charge in [0.25, 0.3) is 10.1 Å². The van der Waals surface area contributed by atoms with Gasteiger partial charge in [0.05, 0.1) is 0 Å². The Balaban J connectivity index is 3.00. The minimum Gasteiger partial charge on any atom is -0.396 e. The number of aliphatic hydroxyl groups excluding tert-OH is 1. The van der Waals surface area contributed by atoms with Crippen LogP contribution in [-0.4, -0.2) is 60.6 Å². The molecular formula is C9H20N2O4S. The maximum Gasteiger partial charge on any atom is 0.284 e. The molecule has 1 unspecified atom stereocenters. The molecule has 3 N–H and O–H groups in total. The van der Waals surface area contributed by atoms with Gasteiger partial charge in [0.15, 0.2) is 4.87 Å². The largest absolute Gasteiger partial charge is 0.396 e. The molecule has 6 nitrogen and oxygen atoms in total. The van der Waals surface area contributed by atoms with E-state index >= 15 is 0 Å². The topological polar surface area (TPSA) is 89.9 Å². The van der Waals surface area contributed by atoms with Crippen LogP contribution in [0.4, 0.5) is 0 Å². The van der Waals surface area contributed by atoms with Gasteiger partial charge in [-0.1, -0.05) is 6.92 Å². The minimum atomic E-state index is -4.20. The SMILES string of the molecule is CCC(CCO)(N1CCNCC1)S(=O)(=O)O. The van der Waals surface area contributed by atoms with Crippen LogP contribution in [-0.2, 0) is 10.1 Å². The third-order valence-corrected chi connectivity index (χ3v) is 4.94. The first-order valence-electron chi connectivity index (χ1n) is 5.51. The summed E-state index contributed by atoms with van der Waals surface area (Å²) < 4.78 is 32.5. The molecule has 96 valence electrons. The first-order valence-corrected chi connectivity index (χ1v) is 6.95. The van der Waals surface area contributed by atoms with Gasteiger partial charge in [-0.15, -0.1) is 0 Å². The Morgan fingerprint density at radius 1 is 1.38 bits per heavy atom. The van der Waals surface area contributed by atoms with Gasteiger partial charge in [-0.05, 0) is 6.42 Å². The van der Waals surface area contributed by atoms with Crippen LogP contribution < -0.4 is 5.32 Å². The lowest BCUT2D eigenvalue weighted by molar-refractivity contribution is 0.0977. The molecule has 1 atom stereocenters. The van der Waals surface area contributed by atoms with E-state index in [4.69, 9.17) is 5.11 Å². The molecule has 0 aromatic carbocycles. The van der Waals surface area contributed by atoms with Gasteiger partial charge in [-0.2, -0.15) is 8.42 Å². The van der Waals surface area contributed by atoms with E-state index in [0.29, 0.717) is 26.2 Å². The summed E-state index contributed by atoms with van der Waals surface area (Å²) in [6.07, 6.45) is 0.314. The number of nitrogens with zero attached hydrogens (tertiary/aromatic N) is 1. The number of piperazine rings is 1. The smallest absolute Gasteiger partial charge is 0.284 e. The normalized spacial score (nSPS) is 22.9. The zero-order valence-electron chi connectivity index (χ0n) is 9.52. The second kappa shape index (κ2) is 5.42. The molecule has 0 aromatic heterocycles. The maximum absolute atomic E-state index is 11.6. The lowest BCUT2D eigenvalue weighted by Crippen LogP contribution is -2.60. The molecule has 0 spiro atoms. The van der Waals surface area contributed by atoms with Crippen molar-refractivity contribution < 1.29 is 18.1 Å². The van der Waals surface area contributed by atoms with E-state index < -0.39 is 15.0 Å². The predicted molar refractivity (Wildman–Crippen MR) is 60.7 cm³/mol. The molecule has 1 saturated heterocycles. The molecule has 1 aliphatic rings. The van der Waals surface area contributed by atoms with Crippen molar-refractivity contribution in [2.24, 2.45) is 0 Å². The second-order valence-corrected chi connectivity index (χ2v) is 5.70. The summed E-state index contributed by atoms with van der Waals surface area (Å²) in [6, 6.07) is 0. The first kappa shape index (κ1) is 13.9. The molecule has 0 bridgehead atoms. The molecule has 16 heavy (non-hydrogen) atoms. The molecule has 1 rings (SSSR count). The Morgan fingerprint density at radius 3 is 2.31 bits per heavy atom. The summed E-state index contributed by atoms with van der Waals surface area (Å²) in [7, 11) is -4.20. The molecule has 1 aliphatic heterocycles. The van der Waals surface area contributed by atoms with Gasteiger partial charge in [0.2, 0.25) is 0 Å². The minimum absolute atomic E-state index is 0.0440. The summed E-state index contributed by atoms with van der Waals surface area (Å²) in [6.45, 7) is 3.98. The molecule has 0 radical (unpaired) electrons. The summed E-state index contributed by atoms with van der Waals surface area (Å²) in [4.78, 5) is 0.416. The summed E-state index contributed by atoms with van der Waals surface area (Å²) in [5, 5.41) is 12.1. The summed E-state index contributed by atoms with van der Waals surface area (Å²) >= 11 is 0. The van der Waals surface area contributed by atoms with Crippen molar-refractivity contribution in [3.8, 4) is 0 Å². The van der Waals surface area contributed by atoms with Crippen molar-refractivity contribution in [2.45, 2.75) is 24.6 Å². The standard InChI is InChI=1S/C9H20N2O4S/c1-2-9(3-8-12,16(13,14)15)11-6-4-10-5-7-11/h10,12H,2-8H2,1H3,(H,13,14,15). The average molecular weight is 252 g/mol. The number of rotatable bonds is 5. The number of nitrogens with one attached hydrogen (secondary N) is 1. The van der Waals surface area contributed by atoms with Crippen LogP contribution in [0.15, 0.2) is 0 Å². The van der Waals surface area contributed by atoms with Gasteiger partial charge in [-0.25, -0.2) is 0 Å². The monoisotopic (exact) mass is 252 g/mol. The fourth-order valence-corrected chi connectivity index (χ4v) is 3.50. The van der Waals surface area contributed by atoms with E-state index in [1.165, 1.54) is 0 Å². The Labute approximate surface area is 96.4 Å². The van der Waals surface area contributed by atoms with E-state index in [9.17, 15) is 13.0 Å². The van der Waals surface area contributed by atoms with E-state index in [-0.39, 0.29) is 19.4 Å². The lowest BCUT2D eigenvalue weighted by atomic mass is 10.1. The van der Waals surface area contributed by atoms with Crippen molar-refractivity contribution in [3.63, 3.8) is 0 Å². The van der Waals surface area contributed by atoms with E-state index in [1.54, 1.807) is 11.8 Å². The Morgan fingerprint density at radius 2 is 1.94 bits per heavy atom. The van der Waals surface area contributed by atoms with Crippen molar-refractivity contribution in [1.82, 2.24) is 10.2 Å². The number of hydrogen-bond acceptors (Lipinski definition) is 5. The van der Waals surface area contributed by atoms with Crippen LogP contribution in [0.2, 0.25) is 0 Å². The second-order valence-electron chi connectivity index (χ2n) is 3.99. The fourth-order valence-electron chi connectivity index (χ4n) is 2.28. The molecule has 1 heterocycles. The van der Waals surface area contributed by atoms with Crippen molar-refractivity contribution >= 4 is 10.1 Å². The molecule has 0 aromatic rings. The zero-order chi connectivity index (χ0) is 12.2. The highest BCUT2D eigenvalue weighted by Gasteiger charge is 2.46. The van der Waals surface area contributed by atoms with Gasteiger partial charge in [0.1, 0.15) is 0 Å². The highest BCUT2D eigenvalue weighted by atomic mass is 32.2. The van der Waals surface area contributed by atoms with Crippen LogP contribution in [0.5, 0.6) is 0 Å². The number of hydrogen-bond donors (Lipinski definition) is 3. The molecule has 1 fully saturated rings. The molecular weight excluding hydrogens is 232 g/mol. The van der Waals surface area contributed by atoms with Gasteiger partial charge in [-0.3, -0.25) is 9.45 Å². The van der Waals surface area contributed by atoms with Crippen molar-refractivity contribution in [2.75, 3.05) is 32.8 Å². The highest BCUT2D eigenvalue weighted by molar-refractivity contribution is 7.87. The third kappa shape index (κ3) is 2.54. The van der Waals surface area contributed by atoms with Gasteiger partial charge in [0, 0.05) is 39.2 Å². The van der Waals surface area contributed by atoms with Crippen molar-refractivity contribution in [3.05, 3.63) is 0 Å². The fraction of sp³-hybridized carbons (Fsp3) is 1.00. The van der Waals surface area contributed by atoms with Gasteiger partial charge >= 0.3 is 0 Å². The summed E-state index contributed by atoms with van der Waals surface area (Å²) in [5.74, 6) is 0. The zero-order valence-corrected chi connectivity index (χ0v) is 10.3. The molecule has 0 saturated carbocycles. The average Bonchev–Trinajstić information content (AvgIpc) is 2.25. The Hall–Kier alpha value is -0.210. The Bertz CT molecular complexity index is 313. The lowest BCUT2D eigenvalue weighted by Gasteiger charge is -2.42. The van der Waals surface area contributed by atoms with Crippen LogP contribution in [0, 0.1) is 0 Å². The van der Waals surface area contributed by atoms with Crippen LogP contribution in [0.3, 0.4) is 0 Å².